The molecule has 0 radical (unpaired) electrons. The molecule has 0 atom stereocenters. The minimum absolute atomic E-state index is 0.706. The first-order chi connectivity index (χ1) is 10.2. The average Bonchev–Trinajstić information content (AvgIpc) is 2.92. The molecule has 0 aliphatic rings. The summed E-state index contributed by atoms with van der Waals surface area (Å²) in [4.78, 5) is 15.5. The molecule has 0 saturated carbocycles. The lowest BCUT2D eigenvalue weighted by atomic mass is 10.3. The van der Waals surface area contributed by atoms with Crippen LogP contribution in [0.25, 0.3) is 16.9 Å². The molecule has 2 aromatic heterocycles. The second-order valence-electron chi connectivity index (χ2n) is 4.77. The summed E-state index contributed by atoms with van der Waals surface area (Å²) >= 11 is 0. The first kappa shape index (κ1) is 13.4. The molecule has 6 nitrogen and oxygen atoms in total. The van der Waals surface area contributed by atoms with Gasteiger partial charge >= 0.3 is 0 Å². The second-order valence-corrected chi connectivity index (χ2v) is 4.77. The van der Waals surface area contributed by atoms with E-state index >= 15 is 0 Å². The highest BCUT2D eigenvalue weighted by molar-refractivity contribution is 5.80. The van der Waals surface area contributed by atoms with Gasteiger partial charge in [-0.3, -0.25) is 9.55 Å². The fourth-order valence-corrected chi connectivity index (χ4v) is 2.37. The lowest BCUT2D eigenvalue weighted by Gasteiger charge is -2.19. The number of nitrogen functional groups attached to an aromatic ring is 1. The number of rotatable bonds is 4. The van der Waals surface area contributed by atoms with Crippen molar-refractivity contribution in [3.8, 4) is 5.82 Å². The van der Waals surface area contributed by atoms with Gasteiger partial charge in [0.25, 0.3) is 0 Å². The Kier molecular flexibility index (Phi) is 3.43. The van der Waals surface area contributed by atoms with Crippen LogP contribution in [0, 0.1) is 0 Å². The van der Waals surface area contributed by atoms with Gasteiger partial charge in [-0.05, 0) is 32.0 Å². The molecule has 0 aliphatic carbocycles. The van der Waals surface area contributed by atoms with Crippen molar-refractivity contribution >= 4 is 22.5 Å². The molecule has 0 saturated heterocycles. The van der Waals surface area contributed by atoms with Crippen molar-refractivity contribution < 1.29 is 0 Å². The summed E-state index contributed by atoms with van der Waals surface area (Å²) in [5.41, 5.74) is 8.39. The third kappa shape index (κ3) is 2.40. The molecule has 3 rings (SSSR count). The summed E-state index contributed by atoms with van der Waals surface area (Å²) in [5, 5.41) is 0. The number of nitrogens with two attached hydrogens (primary N) is 1. The molecule has 0 bridgehead atoms. The largest absolute Gasteiger partial charge is 0.399 e. The van der Waals surface area contributed by atoms with Crippen LogP contribution in [0.1, 0.15) is 13.8 Å². The smallest absolute Gasteiger partial charge is 0.159 e. The van der Waals surface area contributed by atoms with Gasteiger partial charge in [0.1, 0.15) is 12.1 Å². The molecule has 21 heavy (non-hydrogen) atoms. The summed E-state index contributed by atoms with van der Waals surface area (Å²) in [7, 11) is 0. The van der Waals surface area contributed by atoms with Gasteiger partial charge in [0, 0.05) is 18.8 Å². The first-order valence-electron chi connectivity index (χ1n) is 7.03. The zero-order valence-corrected chi connectivity index (χ0v) is 12.2. The van der Waals surface area contributed by atoms with Crippen LogP contribution in [0.4, 0.5) is 11.5 Å². The van der Waals surface area contributed by atoms with Crippen LogP contribution in [-0.4, -0.2) is 32.6 Å². The Hall–Kier alpha value is -2.63. The number of hydrogen-bond acceptors (Lipinski definition) is 5. The van der Waals surface area contributed by atoms with Gasteiger partial charge in [0.2, 0.25) is 0 Å². The Morgan fingerprint density at radius 2 is 2.00 bits per heavy atom. The number of imidazole rings is 1. The molecular formula is C15H18N6. The van der Waals surface area contributed by atoms with E-state index in [4.69, 9.17) is 5.73 Å². The van der Waals surface area contributed by atoms with E-state index in [1.54, 1.807) is 18.7 Å². The fraction of sp³-hybridized carbons (Fsp3) is 0.267. The molecule has 3 aromatic rings. The molecule has 6 heteroatoms. The van der Waals surface area contributed by atoms with Crippen LogP contribution < -0.4 is 10.6 Å². The molecule has 2 heterocycles. The maximum atomic E-state index is 5.87. The van der Waals surface area contributed by atoms with Gasteiger partial charge in [0.05, 0.1) is 23.4 Å². The molecule has 2 N–H and O–H groups in total. The highest BCUT2D eigenvalue weighted by Gasteiger charge is 2.09. The van der Waals surface area contributed by atoms with Crippen molar-refractivity contribution in [1.29, 1.82) is 0 Å². The highest BCUT2D eigenvalue weighted by Crippen LogP contribution is 2.20. The molecule has 0 amide bonds. The molecular weight excluding hydrogens is 264 g/mol. The maximum Gasteiger partial charge on any atom is 0.159 e. The number of fused-ring (bicyclic) bond motifs is 1. The van der Waals surface area contributed by atoms with Crippen molar-refractivity contribution in [2.75, 3.05) is 23.7 Å². The van der Waals surface area contributed by atoms with E-state index in [1.807, 2.05) is 22.8 Å². The predicted octanol–water partition coefficient (Wildman–Crippen LogP) is 2.24. The van der Waals surface area contributed by atoms with Gasteiger partial charge in [-0.2, -0.15) is 0 Å². The van der Waals surface area contributed by atoms with Crippen molar-refractivity contribution in [2.24, 2.45) is 0 Å². The highest BCUT2D eigenvalue weighted by atomic mass is 15.2. The first-order valence-corrected chi connectivity index (χ1v) is 7.03. The Bertz CT molecular complexity index is 760. The number of nitrogens with zero attached hydrogens (tertiary/aromatic N) is 5. The SMILES string of the molecule is CCN(CC)c1cncc(-n2cnc3ccc(N)cc32)n1. The van der Waals surface area contributed by atoms with E-state index in [0.717, 1.165) is 35.8 Å². The Labute approximate surface area is 123 Å². The molecule has 0 unspecified atom stereocenters. The van der Waals surface area contributed by atoms with Crippen LogP contribution in [-0.2, 0) is 0 Å². The summed E-state index contributed by atoms with van der Waals surface area (Å²) in [6.45, 7) is 5.99. The molecule has 0 spiro atoms. The zero-order chi connectivity index (χ0) is 14.8. The van der Waals surface area contributed by atoms with Gasteiger partial charge in [-0.1, -0.05) is 0 Å². The molecule has 1 aromatic carbocycles. The van der Waals surface area contributed by atoms with Crippen LogP contribution in [0.5, 0.6) is 0 Å². The van der Waals surface area contributed by atoms with Gasteiger partial charge < -0.3 is 10.6 Å². The van der Waals surface area contributed by atoms with E-state index in [0.29, 0.717) is 5.69 Å². The van der Waals surface area contributed by atoms with Crippen LogP contribution >= 0.6 is 0 Å². The van der Waals surface area contributed by atoms with E-state index in [-0.39, 0.29) is 0 Å². The van der Waals surface area contributed by atoms with Crippen molar-refractivity contribution in [3.05, 3.63) is 36.9 Å². The second kappa shape index (κ2) is 5.40. The third-order valence-electron chi connectivity index (χ3n) is 3.51. The number of benzene rings is 1. The van der Waals surface area contributed by atoms with Crippen LogP contribution in [0.15, 0.2) is 36.9 Å². The van der Waals surface area contributed by atoms with E-state index < -0.39 is 0 Å². The van der Waals surface area contributed by atoms with Crippen molar-refractivity contribution in [2.45, 2.75) is 13.8 Å². The van der Waals surface area contributed by atoms with Crippen LogP contribution in [0.3, 0.4) is 0 Å². The Balaban J connectivity index is 2.10. The fourth-order valence-electron chi connectivity index (χ4n) is 2.37. The summed E-state index contributed by atoms with van der Waals surface area (Å²) in [5.74, 6) is 1.61. The van der Waals surface area contributed by atoms with Crippen LogP contribution in [0.2, 0.25) is 0 Å². The Morgan fingerprint density at radius 3 is 2.76 bits per heavy atom. The van der Waals surface area contributed by atoms with Gasteiger partial charge in [-0.25, -0.2) is 9.97 Å². The molecule has 108 valence electrons. The summed E-state index contributed by atoms with van der Waals surface area (Å²) < 4.78 is 1.91. The summed E-state index contributed by atoms with van der Waals surface area (Å²) in [6, 6.07) is 5.65. The quantitative estimate of drug-likeness (QED) is 0.743. The lowest BCUT2D eigenvalue weighted by Crippen LogP contribution is -2.23. The molecule has 0 aliphatic heterocycles. The molecule has 0 fully saturated rings. The standard InChI is InChI=1S/C15H18N6/c1-3-20(4-2)14-8-17-9-15(19-14)21-10-18-12-6-5-11(16)7-13(12)21/h5-10H,3-4,16H2,1-2H3. The van der Waals surface area contributed by atoms with Crippen molar-refractivity contribution in [3.63, 3.8) is 0 Å². The minimum Gasteiger partial charge on any atom is -0.399 e. The van der Waals surface area contributed by atoms with Crippen molar-refractivity contribution in [1.82, 2.24) is 19.5 Å². The van der Waals surface area contributed by atoms with E-state index in [1.165, 1.54) is 0 Å². The number of hydrogen-bond donors (Lipinski definition) is 1. The Morgan fingerprint density at radius 1 is 1.19 bits per heavy atom. The van der Waals surface area contributed by atoms with Gasteiger partial charge in [0.15, 0.2) is 5.82 Å². The predicted molar refractivity (Wildman–Crippen MR) is 84.6 cm³/mol. The zero-order valence-electron chi connectivity index (χ0n) is 12.2. The van der Waals surface area contributed by atoms with E-state index in [9.17, 15) is 0 Å². The third-order valence-corrected chi connectivity index (χ3v) is 3.51. The minimum atomic E-state index is 0.706. The normalized spacial score (nSPS) is 11.0. The number of aromatic nitrogens is 4. The average molecular weight is 282 g/mol. The number of anilines is 2. The lowest BCUT2D eigenvalue weighted by molar-refractivity contribution is 0.832. The maximum absolute atomic E-state index is 5.87. The van der Waals surface area contributed by atoms with Gasteiger partial charge in [-0.15, -0.1) is 0 Å². The monoisotopic (exact) mass is 282 g/mol. The van der Waals surface area contributed by atoms with E-state index in [2.05, 4.69) is 33.7 Å². The topological polar surface area (TPSA) is 72.9 Å². The summed E-state index contributed by atoms with van der Waals surface area (Å²) in [6.07, 6.45) is 5.27.